The zero-order valence-electron chi connectivity index (χ0n) is 16.0. The number of nitrogens with zero attached hydrogens (tertiary/aromatic N) is 2. The summed E-state index contributed by atoms with van der Waals surface area (Å²) in [6, 6.07) is 10.3. The number of carbonyl (C=O) groups excluding carboxylic acids is 1. The summed E-state index contributed by atoms with van der Waals surface area (Å²) in [5.41, 5.74) is 2.93. The van der Waals surface area contributed by atoms with E-state index >= 15 is 0 Å². The molecule has 0 spiro atoms. The van der Waals surface area contributed by atoms with Gasteiger partial charge in [-0.05, 0) is 54.4 Å². The Morgan fingerprint density at radius 2 is 1.59 bits per heavy atom. The van der Waals surface area contributed by atoms with Gasteiger partial charge in [0.05, 0.1) is 20.6 Å². The van der Waals surface area contributed by atoms with Crippen LogP contribution in [0.1, 0.15) is 11.1 Å². The summed E-state index contributed by atoms with van der Waals surface area (Å²) < 4.78 is 23.7. The molecule has 1 amide bonds. The molecule has 1 aliphatic heterocycles. The predicted octanol–water partition coefficient (Wildman–Crippen LogP) is 3.04. The minimum atomic E-state index is -0.238. The van der Waals surface area contributed by atoms with Crippen LogP contribution in [-0.4, -0.2) is 51.2 Å². The summed E-state index contributed by atoms with van der Waals surface area (Å²) in [5.74, 6) is 1.16. The highest BCUT2D eigenvalue weighted by Gasteiger charge is 2.22. The number of benzene rings is 2. The highest BCUT2D eigenvalue weighted by molar-refractivity contribution is 5.80. The van der Waals surface area contributed by atoms with Gasteiger partial charge in [0, 0.05) is 31.9 Å². The third kappa shape index (κ3) is 4.32. The summed E-state index contributed by atoms with van der Waals surface area (Å²) in [4.78, 5) is 16.8. The Balaban J connectivity index is 1.62. The molecule has 0 N–H and O–H groups in total. The molecule has 144 valence electrons. The van der Waals surface area contributed by atoms with Crippen molar-refractivity contribution < 1.29 is 18.7 Å². The van der Waals surface area contributed by atoms with Crippen LogP contribution in [0.2, 0.25) is 0 Å². The van der Waals surface area contributed by atoms with E-state index in [1.54, 1.807) is 26.4 Å². The van der Waals surface area contributed by atoms with Crippen molar-refractivity contribution in [2.24, 2.45) is 0 Å². The van der Waals surface area contributed by atoms with E-state index in [0.717, 1.165) is 29.9 Å². The fourth-order valence-corrected chi connectivity index (χ4v) is 3.35. The number of anilines is 1. The Morgan fingerprint density at radius 1 is 1.00 bits per heavy atom. The van der Waals surface area contributed by atoms with Gasteiger partial charge in [0.2, 0.25) is 5.91 Å². The molecule has 6 heteroatoms. The molecule has 0 aliphatic carbocycles. The van der Waals surface area contributed by atoms with Crippen molar-refractivity contribution in [3.63, 3.8) is 0 Å². The van der Waals surface area contributed by atoms with Crippen LogP contribution in [0.15, 0.2) is 36.4 Å². The van der Waals surface area contributed by atoms with Crippen LogP contribution >= 0.6 is 0 Å². The van der Waals surface area contributed by atoms with Crippen molar-refractivity contribution >= 4 is 11.6 Å². The quantitative estimate of drug-likeness (QED) is 0.809. The summed E-state index contributed by atoms with van der Waals surface area (Å²) in [6.45, 7) is 4.76. The molecule has 0 unspecified atom stereocenters. The molecule has 1 aliphatic rings. The van der Waals surface area contributed by atoms with Crippen LogP contribution in [0.4, 0.5) is 10.1 Å². The summed E-state index contributed by atoms with van der Waals surface area (Å²) in [6.07, 6.45) is 0.336. The lowest BCUT2D eigenvalue weighted by molar-refractivity contribution is -0.130. The zero-order valence-corrected chi connectivity index (χ0v) is 16.0. The van der Waals surface area contributed by atoms with E-state index in [1.807, 2.05) is 24.0 Å². The van der Waals surface area contributed by atoms with Gasteiger partial charge in [0.15, 0.2) is 11.5 Å². The van der Waals surface area contributed by atoms with E-state index < -0.39 is 0 Å². The van der Waals surface area contributed by atoms with Gasteiger partial charge in [-0.1, -0.05) is 0 Å². The molecule has 0 aromatic heterocycles. The molecule has 2 aromatic rings. The number of methoxy groups -OCH3 is 2. The lowest BCUT2D eigenvalue weighted by Crippen LogP contribution is -2.49. The monoisotopic (exact) mass is 372 g/mol. The Bertz CT molecular complexity index is 800. The Hall–Kier alpha value is -2.76. The smallest absolute Gasteiger partial charge is 0.227 e. The van der Waals surface area contributed by atoms with Crippen molar-refractivity contribution in [2.45, 2.75) is 13.3 Å². The van der Waals surface area contributed by atoms with E-state index in [9.17, 15) is 9.18 Å². The largest absolute Gasteiger partial charge is 0.493 e. The van der Waals surface area contributed by atoms with E-state index in [0.29, 0.717) is 31.0 Å². The van der Waals surface area contributed by atoms with Crippen LogP contribution in [0.25, 0.3) is 0 Å². The normalized spacial score (nSPS) is 14.2. The number of carbonyl (C=O) groups is 1. The van der Waals surface area contributed by atoms with Crippen LogP contribution in [0.5, 0.6) is 11.5 Å². The predicted molar refractivity (Wildman–Crippen MR) is 103 cm³/mol. The van der Waals surface area contributed by atoms with E-state index in [4.69, 9.17) is 9.47 Å². The number of amides is 1. The minimum absolute atomic E-state index is 0.101. The SMILES string of the molecule is COc1cc(C)c(CC(=O)N2CCN(c3ccc(F)cc3)CC2)cc1OC. The second-order valence-electron chi connectivity index (χ2n) is 6.65. The molecule has 0 atom stereocenters. The van der Waals surface area contributed by atoms with Gasteiger partial charge < -0.3 is 19.3 Å². The van der Waals surface area contributed by atoms with Gasteiger partial charge in [-0.3, -0.25) is 4.79 Å². The third-order valence-electron chi connectivity index (χ3n) is 5.01. The highest BCUT2D eigenvalue weighted by Crippen LogP contribution is 2.30. The summed E-state index contributed by atoms with van der Waals surface area (Å²) in [7, 11) is 3.19. The van der Waals surface area contributed by atoms with Crippen molar-refractivity contribution in [3.8, 4) is 11.5 Å². The first-order valence-corrected chi connectivity index (χ1v) is 9.01. The Morgan fingerprint density at radius 3 is 2.19 bits per heavy atom. The van der Waals surface area contributed by atoms with Crippen molar-refractivity contribution in [2.75, 3.05) is 45.3 Å². The molecule has 1 saturated heterocycles. The number of hydrogen-bond acceptors (Lipinski definition) is 4. The van der Waals surface area contributed by atoms with E-state index in [1.165, 1.54) is 12.1 Å². The number of ether oxygens (including phenoxy) is 2. The van der Waals surface area contributed by atoms with Crippen LogP contribution in [-0.2, 0) is 11.2 Å². The van der Waals surface area contributed by atoms with Crippen LogP contribution in [0, 0.1) is 12.7 Å². The van der Waals surface area contributed by atoms with Crippen molar-refractivity contribution in [1.29, 1.82) is 0 Å². The second kappa shape index (κ2) is 8.29. The molecule has 5 nitrogen and oxygen atoms in total. The maximum Gasteiger partial charge on any atom is 0.227 e. The molecule has 3 rings (SSSR count). The average molecular weight is 372 g/mol. The number of halogens is 1. The fourth-order valence-electron chi connectivity index (χ4n) is 3.35. The third-order valence-corrected chi connectivity index (χ3v) is 5.01. The van der Waals surface area contributed by atoms with Crippen LogP contribution < -0.4 is 14.4 Å². The van der Waals surface area contributed by atoms with Gasteiger partial charge in [-0.15, -0.1) is 0 Å². The van der Waals surface area contributed by atoms with Gasteiger partial charge in [-0.25, -0.2) is 4.39 Å². The number of piperazine rings is 1. The van der Waals surface area contributed by atoms with Gasteiger partial charge >= 0.3 is 0 Å². The fraction of sp³-hybridized carbons (Fsp3) is 0.381. The number of aryl methyl sites for hydroxylation is 1. The topological polar surface area (TPSA) is 42.0 Å². The standard InChI is InChI=1S/C21H25FN2O3/c1-15-12-19(26-2)20(27-3)13-16(15)14-21(25)24-10-8-23(9-11-24)18-6-4-17(22)5-7-18/h4-7,12-13H,8-11,14H2,1-3H3. The molecule has 0 bridgehead atoms. The van der Waals surface area contributed by atoms with Gasteiger partial charge in [0.1, 0.15) is 5.82 Å². The lowest BCUT2D eigenvalue weighted by atomic mass is 10.0. The average Bonchev–Trinajstić information content (AvgIpc) is 2.69. The first-order valence-electron chi connectivity index (χ1n) is 9.01. The number of rotatable bonds is 5. The molecule has 1 heterocycles. The highest BCUT2D eigenvalue weighted by atomic mass is 19.1. The first-order chi connectivity index (χ1) is 13.0. The molecular weight excluding hydrogens is 347 g/mol. The minimum Gasteiger partial charge on any atom is -0.493 e. The molecular formula is C21H25FN2O3. The summed E-state index contributed by atoms with van der Waals surface area (Å²) >= 11 is 0. The molecule has 0 saturated carbocycles. The number of hydrogen-bond donors (Lipinski definition) is 0. The molecule has 2 aromatic carbocycles. The van der Waals surface area contributed by atoms with E-state index in [2.05, 4.69) is 4.90 Å². The molecule has 1 fully saturated rings. The zero-order chi connectivity index (χ0) is 19.4. The van der Waals surface area contributed by atoms with Crippen molar-refractivity contribution in [1.82, 2.24) is 4.90 Å². The van der Waals surface area contributed by atoms with Crippen molar-refractivity contribution in [3.05, 3.63) is 53.3 Å². The Labute approximate surface area is 159 Å². The lowest BCUT2D eigenvalue weighted by Gasteiger charge is -2.36. The van der Waals surface area contributed by atoms with Gasteiger partial charge in [-0.2, -0.15) is 0 Å². The van der Waals surface area contributed by atoms with Crippen LogP contribution in [0.3, 0.4) is 0 Å². The second-order valence-corrected chi connectivity index (χ2v) is 6.65. The molecule has 27 heavy (non-hydrogen) atoms. The first kappa shape index (κ1) is 19.0. The summed E-state index contributed by atoms with van der Waals surface area (Å²) in [5, 5.41) is 0. The van der Waals surface area contributed by atoms with E-state index in [-0.39, 0.29) is 11.7 Å². The Kier molecular flexibility index (Phi) is 5.84. The maximum absolute atomic E-state index is 13.1. The molecule has 0 radical (unpaired) electrons. The van der Waals surface area contributed by atoms with Gasteiger partial charge in [0.25, 0.3) is 0 Å². The maximum atomic E-state index is 13.1.